The predicted octanol–water partition coefficient (Wildman–Crippen LogP) is 1.19. The predicted molar refractivity (Wildman–Crippen MR) is 74.4 cm³/mol. The largest absolute Gasteiger partial charge is 0.480 e. The molecule has 0 bridgehead atoms. The fourth-order valence-corrected chi connectivity index (χ4v) is 1.92. The maximum absolute atomic E-state index is 11.8. The monoisotopic (exact) mass is 280 g/mol. The lowest BCUT2D eigenvalue weighted by molar-refractivity contribution is -0.141. The molecule has 6 heteroatoms. The van der Waals surface area contributed by atoms with Gasteiger partial charge in [0, 0.05) is 0 Å². The van der Waals surface area contributed by atoms with E-state index >= 15 is 0 Å². The van der Waals surface area contributed by atoms with Crippen LogP contribution in [0.4, 0.5) is 4.79 Å². The summed E-state index contributed by atoms with van der Waals surface area (Å²) in [5.74, 6) is -1.28. The van der Waals surface area contributed by atoms with Crippen molar-refractivity contribution in [1.82, 2.24) is 10.6 Å². The van der Waals surface area contributed by atoms with Crippen molar-refractivity contribution in [3.05, 3.63) is 35.4 Å². The van der Waals surface area contributed by atoms with Crippen molar-refractivity contribution < 1.29 is 19.8 Å². The van der Waals surface area contributed by atoms with Gasteiger partial charge in [0.05, 0.1) is 12.1 Å². The molecule has 0 spiro atoms. The van der Waals surface area contributed by atoms with Gasteiger partial charge in [-0.25, -0.2) is 9.59 Å². The van der Waals surface area contributed by atoms with E-state index in [1.165, 1.54) is 6.92 Å². The number of aliphatic hydroxyl groups excluding tert-OH is 1. The number of amides is 2. The van der Waals surface area contributed by atoms with E-state index in [2.05, 4.69) is 10.6 Å². The van der Waals surface area contributed by atoms with Gasteiger partial charge in [-0.3, -0.25) is 0 Å². The van der Waals surface area contributed by atoms with Crippen molar-refractivity contribution in [1.29, 1.82) is 0 Å². The summed E-state index contributed by atoms with van der Waals surface area (Å²) in [5.41, 5.74) is 1.98. The van der Waals surface area contributed by atoms with E-state index in [4.69, 9.17) is 5.11 Å². The highest BCUT2D eigenvalue weighted by Crippen LogP contribution is 2.16. The van der Waals surface area contributed by atoms with Crippen LogP contribution in [0.3, 0.4) is 0 Å². The highest BCUT2D eigenvalue weighted by atomic mass is 16.4. The van der Waals surface area contributed by atoms with Crippen molar-refractivity contribution >= 4 is 12.0 Å². The second kappa shape index (κ2) is 6.91. The SMILES string of the molecule is Cc1ccccc1C(C)NC(=O)N[C@H](C(=O)O)[C@@H](C)O. The Morgan fingerprint density at radius 2 is 1.75 bits per heavy atom. The Hall–Kier alpha value is -2.08. The van der Waals surface area contributed by atoms with E-state index in [0.717, 1.165) is 11.1 Å². The molecular formula is C14H20N2O4. The highest BCUT2D eigenvalue weighted by Gasteiger charge is 2.25. The van der Waals surface area contributed by atoms with Crippen molar-refractivity contribution in [3.63, 3.8) is 0 Å². The zero-order valence-electron chi connectivity index (χ0n) is 11.8. The summed E-state index contributed by atoms with van der Waals surface area (Å²) in [6, 6.07) is 5.37. The van der Waals surface area contributed by atoms with Crippen LogP contribution < -0.4 is 10.6 Å². The number of carboxylic acid groups (broad SMARTS) is 1. The van der Waals surface area contributed by atoms with Crippen LogP contribution in [0.25, 0.3) is 0 Å². The van der Waals surface area contributed by atoms with Crippen molar-refractivity contribution in [2.45, 2.75) is 39.0 Å². The standard InChI is InChI=1S/C14H20N2O4/c1-8-6-4-5-7-11(8)9(2)15-14(20)16-12(10(3)17)13(18)19/h4-7,9-10,12,17H,1-3H3,(H,18,19)(H2,15,16,20)/t9?,10-,12+/m1/s1. The molecule has 1 aromatic rings. The molecular weight excluding hydrogens is 260 g/mol. The average Bonchev–Trinajstić information content (AvgIpc) is 2.35. The molecule has 1 aromatic carbocycles. The van der Waals surface area contributed by atoms with Crippen molar-refractivity contribution in [3.8, 4) is 0 Å². The number of nitrogens with one attached hydrogen (secondary N) is 2. The van der Waals surface area contributed by atoms with Gasteiger partial charge in [0.2, 0.25) is 0 Å². The number of aryl methyl sites for hydroxylation is 1. The lowest BCUT2D eigenvalue weighted by Gasteiger charge is -2.21. The molecule has 0 saturated carbocycles. The molecule has 6 nitrogen and oxygen atoms in total. The van der Waals surface area contributed by atoms with E-state index in [1.54, 1.807) is 6.92 Å². The van der Waals surface area contributed by atoms with Gasteiger partial charge in [0.25, 0.3) is 0 Å². The van der Waals surface area contributed by atoms with Gasteiger partial charge < -0.3 is 20.8 Å². The number of carboxylic acids is 1. The first-order chi connectivity index (χ1) is 9.32. The fraction of sp³-hybridized carbons (Fsp3) is 0.429. The smallest absolute Gasteiger partial charge is 0.328 e. The molecule has 0 aliphatic rings. The number of carbonyl (C=O) groups excluding carboxylic acids is 1. The molecule has 0 saturated heterocycles. The lowest BCUT2D eigenvalue weighted by Crippen LogP contribution is -2.51. The first-order valence-electron chi connectivity index (χ1n) is 6.36. The van der Waals surface area contributed by atoms with Gasteiger partial charge in [0.1, 0.15) is 0 Å². The molecule has 0 fully saturated rings. The summed E-state index contributed by atoms with van der Waals surface area (Å²) in [4.78, 5) is 22.6. The normalized spacial score (nSPS) is 15.0. The maximum Gasteiger partial charge on any atom is 0.328 e. The van der Waals surface area contributed by atoms with Gasteiger partial charge in [-0.2, -0.15) is 0 Å². The number of carbonyl (C=O) groups is 2. The molecule has 110 valence electrons. The number of aliphatic hydroxyl groups is 1. The van der Waals surface area contributed by atoms with E-state index in [-0.39, 0.29) is 6.04 Å². The van der Waals surface area contributed by atoms with Crippen LogP contribution in [0.15, 0.2) is 24.3 Å². The minimum Gasteiger partial charge on any atom is -0.480 e. The first-order valence-corrected chi connectivity index (χ1v) is 6.36. The molecule has 3 atom stereocenters. The number of hydrogen-bond acceptors (Lipinski definition) is 3. The summed E-state index contributed by atoms with van der Waals surface area (Å²) in [6.45, 7) is 5.05. The number of aliphatic carboxylic acids is 1. The van der Waals surface area contributed by atoms with Crippen LogP contribution in [-0.4, -0.2) is 34.4 Å². The first kappa shape index (κ1) is 16.0. The van der Waals surface area contributed by atoms with E-state index in [0.29, 0.717) is 0 Å². The van der Waals surface area contributed by atoms with E-state index in [9.17, 15) is 14.7 Å². The molecule has 2 amide bonds. The molecule has 4 N–H and O–H groups in total. The van der Waals surface area contributed by atoms with Gasteiger partial charge >= 0.3 is 12.0 Å². The minimum atomic E-state index is -1.33. The molecule has 1 rings (SSSR count). The molecule has 0 radical (unpaired) electrons. The second-order valence-corrected chi connectivity index (χ2v) is 4.75. The third-order valence-electron chi connectivity index (χ3n) is 3.04. The Labute approximate surface area is 117 Å². The number of hydrogen-bond donors (Lipinski definition) is 4. The zero-order chi connectivity index (χ0) is 15.3. The maximum atomic E-state index is 11.8. The second-order valence-electron chi connectivity index (χ2n) is 4.75. The Bertz CT molecular complexity index is 488. The topological polar surface area (TPSA) is 98.7 Å². The van der Waals surface area contributed by atoms with Gasteiger partial charge in [0.15, 0.2) is 6.04 Å². The Kier molecular flexibility index (Phi) is 5.52. The van der Waals surface area contributed by atoms with Crippen LogP contribution in [-0.2, 0) is 4.79 Å². The van der Waals surface area contributed by atoms with Gasteiger partial charge in [-0.15, -0.1) is 0 Å². The minimum absolute atomic E-state index is 0.264. The average molecular weight is 280 g/mol. The van der Waals surface area contributed by atoms with Crippen LogP contribution in [0.2, 0.25) is 0 Å². The van der Waals surface area contributed by atoms with E-state index < -0.39 is 24.1 Å². The summed E-state index contributed by atoms with van der Waals surface area (Å²) in [6.07, 6.45) is -1.17. The summed E-state index contributed by atoms with van der Waals surface area (Å²) in [7, 11) is 0. The van der Waals surface area contributed by atoms with Crippen LogP contribution in [0.1, 0.15) is 31.0 Å². The van der Waals surface area contributed by atoms with Crippen molar-refractivity contribution in [2.75, 3.05) is 0 Å². The molecule has 1 unspecified atom stereocenters. The quantitative estimate of drug-likeness (QED) is 0.651. The highest BCUT2D eigenvalue weighted by molar-refractivity contribution is 5.83. The summed E-state index contributed by atoms with van der Waals surface area (Å²) in [5, 5.41) is 23.1. The number of rotatable bonds is 5. The van der Waals surface area contributed by atoms with Gasteiger partial charge in [-0.1, -0.05) is 24.3 Å². The summed E-state index contributed by atoms with van der Waals surface area (Å²) < 4.78 is 0. The van der Waals surface area contributed by atoms with Crippen LogP contribution >= 0.6 is 0 Å². The number of urea groups is 1. The molecule has 20 heavy (non-hydrogen) atoms. The lowest BCUT2D eigenvalue weighted by atomic mass is 10.0. The molecule has 0 aromatic heterocycles. The van der Waals surface area contributed by atoms with Crippen LogP contribution in [0.5, 0.6) is 0 Å². The van der Waals surface area contributed by atoms with E-state index in [1.807, 2.05) is 31.2 Å². The Morgan fingerprint density at radius 3 is 2.25 bits per heavy atom. The van der Waals surface area contributed by atoms with Crippen molar-refractivity contribution in [2.24, 2.45) is 0 Å². The molecule has 0 aliphatic carbocycles. The number of benzene rings is 1. The third-order valence-corrected chi connectivity index (χ3v) is 3.04. The molecule has 0 aliphatic heterocycles. The Balaban J connectivity index is 2.67. The zero-order valence-corrected chi connectivity index (χ0v) is 11.8. The van der Waals surface area contributed by atoms with Gasteiger partial charge in [-0.05, 0) is 31.9 Å². The summed E-state index contributed by atoms with van der Waals surface area (Å²) >= 11 is 0. The Morgan fingerprint density at radius 1 is 1.15 bits per heavy atom. The fourth-order valence-electron chi connectivity index (χ4n) is 1.92. The van der Waals surface area contributed by atoms with Crippen LogP contribution in [0, 0.1) is 6.92 Å². The third kappa shape index (κ3) is 4.24. The molecule has 0 heterocycles.